The first-order valence-corrected chi connectivity index (χ1v) is 9.78. The van der Waals surface area contributed by atoms with Crippen molar-refractivity contribution in [2.75, 3.05) is 19.7 Å². The average molecular weight is 365 g/mol. The summed E-state index contributed by atoms with van der Waals surface area (Å²) < 4.78 is 6.04. The van der Waals surface area contributed by atoms with E-state index in [0.29, 0.717) is 32.5 Å². The number of carbonyl (C=O) groups is 1. The molecule has 2 aromatic rings. The Labute approximate surface area is 160 Å². The highest BCUT2D eigenvalue weighted by Crippen LogP contribution is 2.39. The fourth-order valence-electron chi connectivity index (χ4n) is 4.38. The summed E-state index contributed by atoms with van der Waals surface area (Å²) in [6.07, 6.45) is 2.92. The molecule has 1 spiro atoms. The third kappa shape index (κ3) is 3.92. The van der Waals surface area contributed by atoms with Gasteiger partial charge in [0.15, 0.2) is 0 Å². The molecule has 4 nitrogen and oxygen atoms in total. The molecular formula is C23H27NO3. The largest absolute Gasteiger partial charge is 0.390 e. The fourth-order valence-corrected chi connectivity index (χ4v) is 4.38. The normalized spacial score (nSPS) is 24.7. The Morgan fingerprint density at radius 1 is 0.963 bits per heavy atom. The summed E-state index contributed by atoms with van der Waals surface area (Å²) in [7, 11) is 0. The number of hydrogen-bond donors (Lipinski definition) is 1. The topological polar surface area (TPSA) is 49.8 Å². The Morgan fingerprint density at radius 3 is 2.22 bits per heavy atom. The van der Waals surface area contributed by atoms with Gasteiger partial charge in [0.05, 0.1) is 17.8 Å². The number of amides is 1. The molecule has 2 aliphatic rings. The molecule has 0 aliphatic carbocycles. The maximum Gasteiger partial charge on any atom is 0.253 e. The van der Waals surface area contributed by atoms with E-state index in [0.717, 1.165) is 29.5 Å². The van der Waals surface area contributed by atoms with E-state index >= 15 is 0 Å². The van der Waals surface area contributed by atoms with E-state index in [1.165, 1.54) is 0 Å². The van der Waals surface area contributed by atoms with Gasteiger partial charge in [0.1, 0.15) is 0 Å². The highest BCUT2D eigenvalue weighted by molar-refractivity contribution is 5.94. The lowest BCUT2D eigenvalue weighted by molar-refractivity contribution is -0.170. The van der Waals surface area contributed by atoms with Crippen LogP contribution in [0.3, 0.4) is 0 Å². The summed E-state index contributed by atoms with van der Waals surface area (Å²) in [5, 5.41) is 10.4. The molecule has 0 aromatic heterocycles. The monoisotopic (exact) mass is 365 g/mol. The van der Waals surface area contributed by atoms with E-state index in [1.54, 1.807) is 0 Å². The van der Waals surface area contributed by atoms with Crippen molar-refractivity contribution in [3.8, 4) is 11.1 Å². The van der Waals surface area contributed by atoms with E-state index in [1.807, 2.05) is 54.3 Å². The van der Waals surface area contributed by atoms with Crippen molar-refractivity contribution in [2.45, 2.75) is 43.8 Å². The molecule has 27 heavy (non-hydrogen) atoms. The van der Waals surface area contributed by atoms with Crippen LogP contribution in [0.2, 0.25) is 0 Å². The second kappa shape index (κ2) is 7.10. The number of piperidine rings is 1. The van der Waals surface area contributed by atoms with Crippen LogP contribution in [0.5, 0.6) is 0 Å². The third-order valence-electron chi connectivity index (χ3n) is 5.95. The van der Waals surface area contributed by atoms with Crippen LogP contribution in [-0.2, 0) is 4.74 Å². The van der Waals surface area contributed by atoms with Crippen LogP contribution >= 0.6 is 0 Å². The molecule has 1 N–H and O–H groups in total. The zero-order valence-electron chi connectivity index (χ0n) is 15.9. The number of rotatable bonds is 2. The summed E-state index contributed by atoms with van der Waals surface area (Å²) >= 11 is 0. The van der Waals surface area contributed by atoms with Crippen molar-refractivity contribution >= 4 is 5.91 Å². The number of nitrogens with zero attached hydrogens (tertiary/aromatic N) is 1. The molecule has 2 aromatic carbocycles. The van der Waals surface area contributed by atoms with Crippen molar-refractivity contribution in [3.05, 3.63) is 60.2 Å². The van der Waals surface area contributed by atoms with Crippen molar-refractivity contribution < 1.29 is 14.6 Å². The maximum atomic E-state index is 12.9. The number of carbonyl (C=O) groups excluding carboxylic acids is 1. The van der Waals surface area contributed by atoms with Gasteiger partial charge in [-0.3, -0.25) is 4.79 Å². The van der Waals surface area contributed by atoms with Crippen molar-refractivity contribution in [1.29, 1.82) is 0 Å². The molecule has 1 unspecified atom stereocenters. The van der Waals surface area contributed by atoms with E-state index in [9.17, 15) is 9.90 Å². The average Bonchev–Trinajstić information content (AvgIpc) is 2.68. The van der Waals surface area contributed by atoms with Crippen LogP contribution in [0.25, 0.3) is 11.1 Å². The number of hydrogen-bond acceptors (Lipinski definition) is 3. The van der Waals surface area contributed by atoms with Crippen LogP contribution in [0.1, 0.15) is 43.0 Å². The molecule has 142 valence electrons. The minimum atomic E-state index is -0.655. The van der Waals surface area contributed by atoms with Crippen LogP contribution in [0, 0.1) is 0 Å². The first-order valence-electron chi connectivity index (χ1n) is 9.78. The summed E-state index contributed by atoms with van der Waals surface area (Å²) in [5.74, 6) is 0.0760. The molecule has 2 aliphatic heterocycles. The number of benzene rings is 2. The standard InChI is InChI=1S/C23H27NO3/c1-22(26)13-16-27-23(17-22)11-14-24(15-12-23)21(25)20-9-7-19(8-10-20)18-5-3-2-4-6-18/h2-10,26H,11-17H2,1H3. The highest BCUT2D eigenvalue weighted by atomic mass is 16.5. The van der Waals surface area contributed by atoms with Crippen molar-refractivity contribution in [2.24, 2.45) is 0 Å². The van der Waals surface area contributed by atoms with Gasteiger partial charge < -0.3 is 14.7 Å². The van der Waals surface area contributed by atoms with E-state index in [-0.39, 0.29) is 11.5 Å². The fraction of sp³-hybridized carbons (Fsp3) is 0.435. The van der Waals surface area contributed by atoms with Gasteiger partial charge in [-0.05, 0) is 49.4 Å². The van der Waals surface area contributed by atoms with E-state index in [4.69, 9.17) is 4.74 Å². The molecule has 2 saturated heterocycles. The first-order chi connectivity index (χ1) is 13.0. The van der Waals surface area contributed by atoms with E-state index < -0.39 is 5.60 Å². The van der Waals surface area contributed by atoms with Crippen molar-refractivity contribution in [3.63, 3.8) is 0 Å². The molecule has 2 heterocycles. The van der Waals surface area contributed by atoms with Gasteiger partial charge >= 0.3 is 0 Å². The SMILES string of the molecule is CC1(O)CCOC2(CCN(C(=O)c3ccc(-c4ccccc4)cc3)CC2)C1. The Hall–Kier alpha value is -2.17. The van der Waals surface area contributed by atoms with Gasteiger partial charge in [0.2, 0.25) is 0 Å². The van der Waals surface area contributed by atoms with Gasteiger partial charge in [-0.1, -0.05) is 42.5 Å². The molecule has 0 radical (unpaired) electrons. The first kappa shape index (κ1) is 18.2. The summed E-state index contributed by atoms with van der Waals surface area (Å²) in [6, 6.07) is 18.0. The minimum absolute atomic E-state index is 0.0760. The lowest BCUT2D eigenvalue weighted by Crippen LogP contribution is -2.54. The maximum absolute atomic E-state index is 12.9. The molecule has 1 amide bonds. The smallest absolute Gasteiger partial charge is 0.253 e. The van der Waals surface area contributed by atoms with Gasteiger partial charge in [0.25, 0.3) is 5.91 Å². The number of ether oxygens (including phenoxy) is 1. The summed E-state index contributed by atoms with van der Waals surface area (Å²) in [6.45, 7) is 3.84. The lowest BCUT2D eigenvalue weighted by atomic mass is 9.78. The second-order valence-electron chi connectivity index (χ2n) is 8.19. The quantitative estimate of drug-likeness (QED) is 0.878. The predicted octanol–water partition coefficient (Wildman–Crippen LogP) is 3.89. The van der Waals surface area contributed by atoms with Gasteiger partial charge in [-0.15, -0.1) is 0 Å². The summed E-state index contributed by atoms with van der Waals surface area (Å²) in [5.41, 5.74) is 2.07. The highest BCUT2D eigenvalue weighted by Gasteiger charge is 2.44. The molecule has 0 bridgehead atoms. The molecule has 4 rings (SSSR count). The molecule has 2 fully saturated rings. The summed E-state index contributed by atoms with van der Waals surface area (Å²) in [4.78, 5) is 14.8. The molecule has 4 heteroatoms. The lowest BCUT2D eigenvalue weighted by Gasteiger charge is -2.48. The Kier molecular flexibility index (Phi) is 4.79. The number of likely N-dealkylation sites (tertiary alicyclic amines) is 1. The minimum Gasteiger partial charge on any atom is -0.390 e. The third-order valence-corrected chi connectivity index (χ3v) is 5.95. The van der Waals surface area contributed by atoms with Crippen molar-refractivity contribution in [1.82, 2.24) is 4.90 Å². The zero-order chi connectivity index (χ0) is 18.9. The van der Waals surface area contributed by atoms with Crippen LogP contribution in [-0.4, -0.2) is 46.8 Å². The Morgan fingerprint density at radius 2 is 1.59 bits per heavy atom. The van der Waals surface area contributed by atoms with Gasteiger partial charge in [-0.2, -0.15) is 0 Å². The second-order valence-corrected chi connectivity index (χ2v) is 8.19. The van der Waals surface area contributed by atoms with Crippen LogP contribution < -0.4 is 0 Å². The molecule has 0 saturated carbocycles. The van der Waals surface area contributed by atoms with Gasteiger partial charge in [-0.25, -0.2) is 0 Å². The Balaban J connectivity index is 1.41. The molecular weight excluding hydrogens is 338 g/mol. The van der Waals surface area contributed by atoms with Crippen LogP contribution in [0.4, 0.5) is 0 Å². The molecule has 1 atom stereocenters. The van der Waals surface area contributed by atoms with Crippen LogP contribution in [0.15, 0.2) is 54.6 Å². The zero-order valence-corrected chi connectivity index (χ0v) is 15.9. The van der Waals surface area contributed by atoms with E-state index in [2.05, 4.69) is 12.1 Å². The number of aliphatic hydroxyl groups is 1. The predicted molar refractivity (Wildman–Crippen MR) is 106 cm³/mol. The van der Waals surface area contributed by atoms with Gasteiger partial charge in [0, 0.05) is 25.1 Å². The Bertz CT molecular complexity index is 790.